The number of amides is 2. The number of esters is 1. The molecule has 7 heteroatoms. The highest BCUT2D eigenvalue weighted by molar-refractivity contribution is 5.91. The fraction of sp³-hybridized carbons (Fsp3) is 0.286. The summed E-state index contributed by atoms with van der Waals surface area (Å²) in [7, 11) is 0. The van der Waals surface area contributed by atoms with Crippen LogP contribution in [0, 0.1) is 0 Å². The molecule has 0 aliphatic carbocycles. The fourth-order valence-electron chi connectivity index (χ4n) is 2.88. The van der Waals surface area contributed by atoms with E-state index in [1.807, 2.05) is 30.3 Å². The van der Waals surface area contributed by atoms with E-state index in [1.165, 1.54) is 6.92 Å². The van der Waals surface area contributed by atoms with Crippen LogP contribution in [0.1, 0.15) is 17.3 Å². The second-order valence-electron chi connectivity index (χ2n) is 6.41. The first-order chi connectivity index (χ1) is 13.5. The lowest BCUT2D eigenvalue weighted by Gasteiger charge is -2.34. The van der Waals surface area contributed by atoms with Crippen LogP contribution in [0.3, 0.4) is 0 Å². The molecule has 2 aromatic carbocycles. The van der Waals surface area contributed by atoms with Gasteiger partial charge < -0.3 is 19.3 Å². The van der Waals surface area contributed by atoms with Gasteiger partial charge in [-0.25, -0.2) is 4.79 Å². The van der Waals surface area contributed by atoms with E-state index in [1.54, 1.807) is 34.1 Å². The minimum atomic E-state index is -0.589. The Labute approximate surface area is 163 Å². The molecule has 0 atom stereocenters. The number of rotatable bonds is 5. The first-order valence-corrected chi connectivity index (χ1v) is 9.06. The van der Waals surface area contributed by atoms with Crippen LogP contribution in [0.2, 0.25) is 0 Å². The van der Waals surface area contributed by atoms with Gasteiger partial charge in [0, 0.05) is 33.1 Å². The average Bonchev–Trinajstić information content (AvgIpc) is 2.72. The third-order valence-corrected chi connectivity index (χ3v) is 4.45. The molecule has 0 unspecified atom stereocenters. The maximum absolute atomic E-state index is 12.3. The van der Waals surface area contributed by atoms with Crippen molar-refractivity contribution in [1.82, 2.24) is 9.80 Å². The fourth-order valence-corrected chi connectivity index (χ4v) is 2.88. The number of ether oxygens (including phenoxy) is 2. The van der Waals surface area contributed by atoms with Gasteiger partial charge in [0.2, 0.25) is 5.91 Å². The molecule has 0 saturated carbocycles. The van der Waals surface area contributed by atoms with Crippen molar-refractivity contribution in [3.05, 3.63) is 60.2 Å². The molecular weight excluding hydrogens is 360 g/mol. The van der Waals surface area contributed by atoms with E-state index < -0.39 is 5.97 Å². The van der Waals surface area contributed by atoms with Gasteiger partial charge in [-0.2, -0.15) is 0 Å². The largest absolute Gasteiger partial charge is 0.457 e. The molecule has 1 fully saturated rings. The zero-order chi connectivity index (χ0) is 19.9. The van der Waals surface area contributed by atoms with Gasteiger partial charge in [0.05, 0.1) is 5.56 Å². The Morgan fingerprint density at radius 1 is 0.857 bits per heavy atom. The van der Waals surface area contributed by atoms with Gasteiger partial charge in [-0.15, -0.1) is 0 Å². The molecule has 2 aromatic rings. The highest BCUT2D eigenvalue weighted by atomic mass is 16.5. The first kappa shape index (κ1) is 19.4. The Morgan fingerprint density at radius 3 is 2.18 bits per heavy atom. The maximum atomic E-state index is 12.3. The van der Waals surface area contributed by atoms with Crippen molar-refractivity contribution in [2.24, 2.45) is 0 Å². The summed E-state index contributed by atoms with van der Waals surface area (Å²) in [4.78, 5) is 39.1. The summed E-state index contributed by atoms with van der Waals surface area (Å²) >= 11 is 0. The Morgan fingerprint density at radius 2 is 1.50 bits per heavy atom. The van der Waals surface area contributed by atoms with E-state index in [0.717, 1.165) is 0 Å². The van der Waals surface area contributed by atoms with Crippen molar-refractivity contribution in [3.8, 4) is 11.5 Å². The van der Waals surface area contributed by atoms with Gasteiger partial charge in [-0.1, -0.05) is 24.3 Å². The molecule has 3 rings (SSSR count). The topological polar surface area (TPSA) is 76.2 Å². The summed E-state index contributed by atoms with van der Waals surface area (Å²) in [6, 6.07) is 15.8. The molecule has 1 aliphatic heterocycles. The Bertz CT molecular complexity index is 845. The molecule has 1 aliphatic rings. The standard InChI is InChI=1S/C21H22N2O5/c1-16(24)22-10-12-23(13-11-22)20(25)15-27-21(26)17-6-5-9-19(14-17)28-18-7-3-2-4-8-18/h2-9,14H,10-13,15H2,1H3. The minimum absolute atomic E-state index is 0.00358. The van der Waals surface area contributed by atoms with Crippen LogP contribution < -0.4 is 4.74 Å². The number of carbonyl (C=O) groups is 3. The molecule has 2 amide bonds. The molecule has 28 heavy (non-hydrogen) atoms. The number of hydrogen-bond donors (Lipinski definition) is 0. The van der Waals surface area contributed by atoms with Crippen molar-refractivity contribution in [2.75, 3.05) is 32.8 Å². The summed E-state index contributed by atoms with van der Waals surface area (Å²) in [6.45, 7) is 3.05. The third-order valence-electron chi connectivity index (χ3n) is 4.45. The lowest BCUT2D eigenvalue weighted by molar-refractivity contribution is -0.140. The second-order valence-corrected chi connectivity index (χ2v) is 6.41. The zero-order valence-corrected chi connectivity index (χ0v) is 15.7. The van der Waals surface area contributed by atoms with Gasteiger partial charge in [-0.05, 0) is 30.3 Å². The molecule has 7 nitrogen and oxygen atoms in total. The molecule has 1 heterocycles. The first-order valence-electron chi connectivity index (χ1n) is 9.06. The predicted molar refractivity (Wildman–Crippen MR) is 102 cm³/mol. The summed E-state index contributed by atoms with van der Waals surface area (Å²) in [5.41, 5.74) is 0.308. The van der Waals surface area contributed by atoms with Crippen LogP contribution in [0.5, 0.6) is 11.5 Å². The SMILES string of the molecule is CC(=O)N1CCN(C(=O)COC(=O)c2cccc(Oc3ccccc3)c2)CC1. The number of piperazine rings is 1. The van der Waals surface area contributed by atoms with Crippen LogP contribution in [0.25, 0.3) is 0 Å². The number of para-hydroxylation sites is 1. The molecule has 0 bridgehead atoms. The average molecular weight is 382 g/mol. The molecule has 1 saturated heterocycles. The highest BCUT2D eigenvalue weighted by Gasteiger charge is 2.23. The van der Waals surface area contributed by atoms with Crippen molar-refractivity contribution in [2.45, 2.75) is 6.92 Å². The molecule has 0 radical (unpaired) electrons. The van der Waals surface area contributed by atoms with Gasteiger partial charge in [0.1, 0.15) is 11.5 Å². The van der Waals surface area contributed by atoms with Crippen LogP contribution in [-0.2, 0) is 14.3 Å². The summed E-state index contributed by atoms with van der Waals surface area (Å²) in [5.74, 6) is 0.304. The van der Waals surface area contributed by atoms with Gasteiger partial charge in [0.25, 0.3) is 5.91 Å². The van der Waals surface area contributed by atoms with E-state index in [4.69, 9.17) is 9.47 Å². The summed E-state index contributed by atoms with van der Waals surface area (Å²) < 4.78 is 10.9. The molecule has 0 aromatic heterocycles. The number of nitrogens with zero attached hydrogens (tertiary/aromatic N) is 2. The van der Waals surface area contributed by atoms with E-state index >= 15 is 0 Å². The molecule has 146 valence electrons. The van der Waals surface area contributed by atoms with Crippen LogP contribution in [0.4, 0.5) is 0 Å². The van der Waals surface area contributed by atoms with Crippen LogP contribution in [-0.4, -0.2) is 60.4 Å². The summed E-state index contributed by atoms with van der Waals surface area (Å²) in [5, 5.41) is 0. The smallest absolute Gasteiger partial charge is 0.338 e. The lowest BCUT2D eigenvalue weighted by Crippen LogP contribution is -2.51. The normalized spacial score (nSPS) is 13.8. The van der Waals surface area contributed by atoms with Crippen molar-refractivity contribution < 1.29 is 23.9 Å². The van der Waals surface area contributed by atoms with Gasteiger partial charge in [0.15, 0.2) is 6.61 Å². The van der Waals surface area contributed by atoms with Crippen LogP contribution >= 0.6 is 0 Å². The Kier molecular flexibility index (Phi) is 6.26. The molecule has 0 N–H and O–H groups in total. The zero-order valence-electron chi connectivity index (χ0n) is 15.7. The number of carbonyl (C=O) groups excluding carboxylic acids is 3. The van der Waals surface area contributed by atoms with E-state index in [2.05, 4.69) is 0 Å². The second kappa shape index (κ2) is 9.03. The van der Waals surface area contributed by atoms with Crippen molar-refractivity contribution >= 4 is 17.8 Å². The van der Waals surface area contributed by atoms with Crippen molar-refractivity contribution in [3.63, 3.8) is 0 Å². The molecule has 0 spiro atoms. The summed E-state index contributed by atoms with van der Waals surface area (Å²) in [6.07, 6.45) is 0. The monoisotopic (exact) mass is 382 g/mol. The number of hydrogen-bond acceptors (Lipinski definition) is 5. The lowest BCUT2D eigenvalue weighted by atomic mass is 10.2. The Balaban J connectivity index is 1.51. The maximum Gasteiger partial charge on any atom is 0.338 e. The quantitative estimate of drug-likeness (QED) is 0.742. The van der Waals surface area contributed by atoms with E-state index in [0.29, 0.717) is 43.2 Å². The van der Waals surface area contributed by atoms with Gasteiger partial charge in [-0.3, -0.25) is 9.59 Å². The number of benzene rings is 2. The van der Waals surface area contributed by atoms with Crippen LogP contribution in [0.15, 0.2) is 54.6 Å². The third kappa shape index (κ3) is 5.09. The predicted octanol–water partition coefficient (Wildman–Crippen LogP) is 2.33. The minimum Gasteiger partial charge on any atom is -0.457 e. The van der Waals surface area contributed by atoms with E-state index in [-0.39, 0.29) is 18.4 Å². The molecular formula is C21H22N2O5. The Hall–Kier alpha value is -3.35. The van der Waals surface area contributed by atoms with E-state index in [9.17, 15) is 14.4 Å². The van der Waals surface area contributed by atoms with Crippen molar-refractivity contribution in [1.29, 1.82) is 0 Å². The van der Waals surface area contributed by atoms with Gasteiger partial charge >= 0.3 is 5.97 Å². The highest BCUT2D eigenvalue weighted by Crippen LogP contribution is 2.22.